The maximum atomic E-state index is 11.9. The number of nitrogens with one attached hydrogen (secondary N) is 1. The molecule has 0 radical (unpaired) electrons. The van der Waals surface area contributed by atoms with E-state index in [-0.39, 0.29) is 11.8 Å². The van der Waals surface area contributed by atoms with Gasteiger partial charge in [-0.15, -0.1) is 11.3 Å². The van der Waals surface area contributed by atoms with Gasteiger partial charge in [-0.2, -0.15) is 0 Å². The number of nitrogens with zero attached hydrogens (tertiary/aromatic N) is 2. The Morgan fingerprint density at radius 1 is 1.40 bits per heavy atom. The van der Waals surface area contributed by atoms with E-state index in [0.29, 0.717) is 6.54 Å². The van der Waals surface area contributed by atoms with E-state index in [0.717, 1.165) is 43.2 Å². The molecule has 112 valence electrons. The van der Waals surface area contributed by atoms with Crippen molar-refractivity contribution in [3.05, 3.63) is 11.1 Å². The van der Waals surface area contributed by atoms with Crippen molar-refractivity contribution in [2.45, 2.75) is 46.0 Å². The summed E-state index contributed by atoms with van der Waals surface area (Å²) in [5.41, 5.74) is 1.10. The number of carbonyl (C=O) groups is 1. The second kappa shape index (κ2) is 7.62. The summed E-state index contributed by atoms with van der Waals surface area (Å²) < 4.78 is 0. The van der Waals surface area contributed by atoms with E-state index >= 15 is 0 Å². The maximum absolute atomic E-state index is 11.9. The largest absolute Gasteiger partial charge is 0.355 e. The number of hydrogen-bond donors (Lipinski definition) is 1. The molecule has 1 saturated heterocycles. The number of amides is 1. The number of rotatable bonds is 7. The van der Waals surface area contributed by atoms with Gasteiger partial charge in [0.2, 0.25) is 5.91 Å². The van der Waals surface area contributed by atoms with Gasteiger partial charge in [0.25, 0.3) is 0 Å². The van der Waals surface area contributed by atoms with Crippen molar-refractivity contribution in [3.63, 3.8) is 0 Å². The zero-order valence-electron chi connectivity index (χ0n) is 12.5. The first-order valence-corrected chi connectivity index (χ1v) is 8.59. The van der Waals surface area contributed by atoms with Gasteiger partial charge in [-0.1, -0.05) is 13.8 Å². The van der Waals surface area contributed by atoms with E-state index < -0.39 is 0 Å². The zero-order chi connectivity index (χ0) is 14.4. The van der Waals surface area contributed by atoms with Gasteiger partial charge in [-0.05, 0) is 25.7 Å². The molecule has 1 aromatic heterocycles. The van der Waals surface area contributed by atoms with Gasteiger partial charge in [-0.3, -0.25) is 4.79 Å². The van der Waals surface area contributed by atoms with E-state index in [2.05, 4.69) is 34.4 Å². The minimum atomic E-state index is 0.158. The van der Waals surface area contributed by atoms with E-state index in [1.54, 1.807) is 11.3 Å². The molecule has 20 heavy (non-hydrogen) atoms. The van der Waals surface area contributed by atoms with Crippen molar-refractivity contribution in [1.29, 1.82) is 0 Å². The Morgan fingerprint density at radius 2 is 2.10 bits per heavy atom. The Balaban J connectivity index is 1.75. The van der Waals surface area contributed by atoms with Crippen molar-refractivity contribution in [1.82, 2.24) is 10.3 Å². The highest BCUT2D eigenvalue weighted by Crippen LogP contribution is 2.24. The van der Waals surface area contributed by atoms with Gasteiger partial charge < -0.3 is 10.2 Å². The molecular weight excluding hydrogens is 270 g/mol. The normalized spacial score (nSPS) is 15.1. The molecule has 2 heterocycles. The van der Waals surface area contributed by atoms with E-state index in [1.807, 2.05) is 0 Å². The fraction of sp³-hybridized carbons (Fsp3) is 0.733. The van der Waals surface area contributed by atoms with Gasteiger partial charge in [0.05, 0.1) is 5.69 Å². The Kier molecular flexibility index (Phi) is 5.83. The first kappa shape index (κ1) is 15.3. The van der Waals surface area contributed by atoms with Gasteiger partial charge in [0.1, 0.15) is 0 Å². The Bertz CT molecular complexity index is 423. The number of thiazole rings is 1. The zero-order valence-corrected chi connectivity index (χ0v) is 13.3. The molecule has 1 fully saturated rings. The predicted molar refractivity (Wildman–Crippen MR) is 84.3 cm³/mol. The molecule has 2 rings (SSSR count). The van der Waals surface area contributed by atoms with Crippen LogP contribution in [0.25, 0.3) is 0 Å². The molecule has 1 aliphatic heterocycles. The first-order chi connectivity index (χ1) is 9.74. The molecule has 4 nitrogen and oxygen atoms in total. The standard InChI is InChI=1S/C15H25N3OS/c1-3-12(4-2)14(19)16-8-7-13-11-20-15(17-13)18-9-5-6-10-18/h11-12H,3-10H2,1-2H3,(H,16,19). The lowest BCUT2D eigenvalue weighted by Gasteiger charge is -2.13. The molecule has 1 amide bonds. The molecule has 0 saturated carbocycles. The van der Waals surface area contributed by atoms with Crippen LogP contribution in [0.15, 0.2) is 5.38 Å². The third-order valence-corrected chi connectivity index (χ3v) is 4.90. The lowest BCUT2D eigenvalue weighted by molar-refractivity contribution is -0.125. The molecule has 0 bridgehead atoms. The number of carbonyl (C=O) groups excluding carboxylic acids is 1. The minimum Gasteiger partial charge on any atom is -0.355 e. The third kappa shape index (κ3) is 3.95. The average Bonchev–Trinajstić information content (AvgIpc) is 3.10. The van der Waals surface area contributed by atoms with Gasteiger partial charge in [0.15, 0.2) is 5.13 Å². The summed E-state index contributed by atoms with van der Waals surface area (Å²) in [6.07, 6.45) is 5.22. The highest BCUT2D eigenvalue weighted by atomic mass is 32.1. The van der Waals surface area contributed by atoms with Crippen LogP contribution in [-0.4, -0.2) is 30.5 Å². The molecule has 1 aromatic rings. The summed E-state index contributed by atoms with van der Waals surface area (Å²) in [6, 6.07) is 0. The molecule has 0 unspecified atom stereocenters. The van der Waals surface area contributed by atoms with Crippen LogP contribution in [0.4, 0.5) is 5.13 Å². The van der Waals surface area contributed by atoms with E-state index in [1.165, 1.54) is 12.8 Å². The second-order valence-electron chi connectivity index (χ2n) is 5.37. The molecule has 0 spiro atoms. The predicted octanol–water partition coefficient (Wildman–Crippen LogP) is 2.84. The summed E-state index contributed by atoms with van der Waals surface area (Å²) in [5.74, 6) is 0.343. The van der Waals surface area contributed by atoms with Crippen LogP contribution >= 0.6 is 11.3 Å². The molecule has 1 aliphatic rings. The van der Waals surface area contributed by atoms with Crippen molar-refractivity contribution in [2.75, 3.05) is 24.5 Å². The fourth-order valence-electron chi connectivity index (χ4n) is 2.58. The highest BCUT2D eigenvalue weighted by Gasteiger charge is 2.16. The number of anilines is 1. The quantitative estimate of drug-likeness (QED) is 0.841. The van der Waals surface area contributed by atoms with Gasteiger partial charge in [-0.25, -0.2) is 4.98 Å². The lowest BCUT2D eigenvalue weighted by Crippen LogP contribution is -2.31. The summed E-state index contributed by atoms with van der Waals surface area (Å²) in [7, 11) is 0. The number of hydrogen-bond acceptors (Lipinski definition) is 4. The molecule has 1 N–H and O–H groups in total. The van der Waals surface area contributed by atoms with Gasteiger partial charge in [0, 0.05) is 37.4 Å². The summed E-state index contributed by atoms with van der Waals surface area (Å²) in [6.45, 7) is 7.10. The van der Waals surface area contributed by atoms with Crippen LogP contribution < -0.4 is 10.2 Å². The van der Waals surface area contributed by atoms with Crippen molar-refractivity contribution in [3.8, 4) is 0 Å². The Morgan fingerprint density at radius 3 is 2.75 bits per heavy atom. The first-order valence-electron chi connectivity index (χ1n) is 7.71. The minimum absolute atomic E-state index is 0.158. The van der Waals surface area contributed by atoms with Crippen LogP contribution in [-0.2, 0) is 11.2 Å². The summed E-state index contributed by atoms with van der Waals surface area (Å²) in [5, 5.41) is 6.29. The molecule has 0 atom stereocenters. The SMILES string of the molecule is CCC(CC)C(=O)NCCc1csc(N2CCCC2)n1. The molecule has 5 heteroatoms. The average molecular weight is 295 g/mol. The van der Waals surface area contributed by atoms with Crippen molar-refractivity contribution >= 4 is 22.4 Å². The summed E-state index contributed by atoms with van der Waals surface area (Å²) in [4.78, 5) is 18.9. The van der Waals surface area contributed by atoms with Crippen LogP contribution in [0.3, 0.4) is 0 Å². The lowest BCUT2D eigenvalue weighted by atomic mass is 10.0. The van der Waals surface area contributed by atoms with E-state index in [9.17, 15) is 4.79 Å². The van der Waals surface area contributed by atoms with Crippen molar-refractivity contribution < 1.29 is 4.79 Å². The smallest absolute Gasteiger partial charge is 0.223 e. The third-order valence-electron chi connectivity index (χ3n) is 3.95. The summed E-state index contributed by atoms with van der Waals surface area (Å²) >= 11 is 1.72. The second-order valence-corrected chi connectivity index (χ2v) is 6.21. The van der Waals surface area contributed by atoms with Crippen LogP contribution in [0.5, 0.6) is 0 Å². The topological polar surface area (TPSA) is 45.2 Å². The monoisotopic (exact) mass is 295 g/mol. The van der Waals surface area contributed by atoms with Crippen LogP contribution in [0, 0.1) is 5.92 Å². The fourth-order valence-corrected chi connectivity index (χ4v) is 3.50. The van der Waals surface area contributed by atoms with Crippen LogP contribution in [0.1, 0.15) is 45.2 Å². The van der Waals surface area contributed by atoms with Gasteiger partial charge >= 0.3 is 0 Å². The van der Waals surface area contributed by atoms with E-state index in [4.69, 9.17) is 0 Å². The Hall–Kier alpha value is -1.10. The molecule has 0 aromatic carbocycles. The highest BCUT2D eigenvalue weighted by molar-refractivity contribution is 7.13. The van der Waals surface area contributed by atoms with Crippen molar-refractivity contribution in [2.24, 2.45) is 5.92 Å². The maximum Gasteiger partial charge on any atom is 0.223 e. The van der Waals surface area contributed by atoms with Crippen LogP contribution in [0.2, 0.25) is 0 Å². The Labute approximate surface area is 125 Å². The molecular formula is C15H25N3OS. The number of aromatic nitrogens is 1. The molecule has 0 aliphatic carbocycles.